The van der Waals surface area contributed by atoms with E-state index in [4.69, 9.17) is 10.1 Å². The smallest absolute Gasteiger partial charge is 0.128 e. The van der Waals surface area contributed by atoms with Crippen molar-refractivity contribution in [1.82, 2.24) is 0 Å². The summed E-state index contributed by atoms with van der Waals surface area (Å²) in [6, 6.07) is 3.37. The van der Waals surface area contributed by atoms with Crippen LogP contribution in [0.25, 0.3) is 0 Å². The summed E-state index contributed by atoms with van der Waals surface area (Å²) >= 11 is 0. The number of hydrogen-bond acceptors (Lipinski definition) is 3. The van der Waals surface area contributed by atoms with Crippen LogP contribution in [0, 0.1) is 5.41 Å². The lowest BCUT2D eigenvalue weighted by atomic mass is 9.96. The van der Waals surface area contributed by atoms with E-state index in [0.29, 0.717) is 11.3 Å². The number of methoxy groups -OCH3 is 1. The number of benzene rings is 1. The molecular weight excluding hydrogens is 178 g/mol. The summed E-state index contributed by atoms with van der Waals surface area (Å²) in [5.74, 6) is 0.979. The fourth-order valence-corrected chi connectivity index (χ4v) is 1.39. The number of phenols is 1. The molecule has 1 aromatic rings. The van der Waals surface area contributed by atoms with Gasteiger partial charge in [-0.15, -0.1) is 0 Å². The maximum atomic E-state index is 9.62. The Bertz CT molecular complexity index is 345. The van der Waals surface area contributed by atoms with Gasteiger partial charge in [0.2, 0.25) is 0 Å². The Hall–Kier alpha value is -1.51. The van der Waals surface area contributed by atoms with E-state index in [2.05, 4.69) is 0 Å². The van der Waals surface area contributed by atoms with Gasteiger partial charge >= 0.3 is 0 Å². The largest absolute Gasteiger partial charge is 0.507 e. The summed E-state index contributed by atoms with van der Waals surface area (Å²) in [5, 5.41) is 16.8. The molecule has 1 aromatic carbocycles. The first-order chi connectivity index (χ1) is 6.60. The summed E-state index contributed by atoms with van der Waals surface area (Å²) in [6.45, 7) is 4.03. The lowest BCUT2D eigenvalue weighted by Gasteiger charge is -2.12. The third-order valence-electron chi connectivity index (χ3n) is 2.17. The van der Waals surface area contributed by atoms with E-state index in [0.717, 1.165) is 5.56 Å². The molecule has 0 aliphatic heterocycles. The summed E-state index contributed by atoms with van der Waals surface area (Å²) in [6.07, 6.45) is 1.17. The minimum Gasteiger partial charge on any atom is -0.507 e. The Kier molecular flexibility index (Phi) is 3.12. The molecule has 76 valence electrons. The molecule has 0 atom stereocenters. The Morgan fingerprint density at radius 3 is 2.50 bits per heavy atom. The van der Waals surface area contributed by atoms with Gasteiger partial charge in [-0.1, -0.05) is 13.8 Å². The van der Waals surface area contributed by atoms with Crippen molar-refractivity contribution in [1.29, 1.82) is 5.41 Å². The van der Waals surface area contributed by atoms with Gasteiger partial charge in [-0.3, -0.25) is 0 Å². The Balaban J connectivity index is 3.35. The predicted octanol–water partition coefficient (Wildman–Crippen LogP) is 2.52. The molecule has 1 rings (SSSR count). The molecule has 14 heavy (non-hydrogen) atoms. The lowest BCUT2D eigenvalue weighted by Crippen LogP contribution is -1.97. The average Bonchev–Trinajstić information content (AvgIpc) is 2.16. The number of aromatic hydroxyl groups is 1. The first-order valence-electron chi connectivity index (χ1n) is 4.51. The van der Waals surface area contributed by atoms with Crippen molar-refractivity contribution >= 4 is 6.21 Å². The van der Waals surface area contributed by atoms with Crippen molar-refractivity contribution in [2.45, 2.75) is 19.8 Å². The van der Waals surface area contributed by atoms with Crippen molar-refractivity contribution < 1.29 is 9.84 Å². The summed E-state index contributed by atoms with van der Waals surface area (Å²) in [7, 11) is 1.56. The SMILES string of the molecule is COc1cc(O)c(C=N)c(C(C)C)c1. The molecule has 0 unspecified atom stereocenters. The minimum absolute atomic E-state index is 0.100. The highest BCUT2D eigenvalue weighted by Crippen LogP contribution is 2.30. The second-order valence-corrected chi connectivity index (χ2v) is 3.45. The summed E-state index contributed by atoms with van der Waals surface area (Å²) in [5.41, 5.74) is 1.50. The molecule has 3 nitrogen and oxygen atoms in total. The molecule has 0 bridgehead atoms. The molecule has 0 fully saturated rings. The molecule has 2 N–H and O–H groups in total. The lowest BCUT2D eigenvalue weighted by molar-refractivity contribution is 0.406. The molecule has 0 saturated carbocycles. The molecule has 3 heteroatoms. The molecule has 0 aliphatic carbocycles. The van der Waals surface area contributed by atoms with Gasteiger partial charge in [-0.2, -0.15) is 0 Å². The normalized spacial score (nSPS) is 10.3. The topological polar surface area (TPSA) is 53.3 Å². The first kappa shape index (κ1) is 10.6. The molecule has 0 spiro atoms. The van der Waals surface area contributed by atoms with Gasteiger partial charge in [-0.25, -0.2) is 0 Å². The van der Waals surface area contributed by atoms with Crippen LogP contribution in [0.2, 0.25) is 0 Å². The fraction of sp³-hybridized carbons (Fsp3) is 0.364. The van der Waals surface area contributed by atoms with Crippen LogP contribution in [-0.2, 0) is 0 Å². The van der Waals surface area contributed by atoms with Crippen LogP contribution in [0.3, 0.4) is 0 Å². The molecule has 0 saturated heterocycles. The van der Waals surface area contributed by atoms with Gasteiger partial charge in [-0.05, 0) is 17.5 Å². The van der Waals surface area contributed by atoms with Gasteiger partial charge in [0.25, 0.3) is 0 Å². The predicted molar refractivity (Wildman–Crippen MR) is 56.6 cm³/mol. The molecule has 0 amide bonds. The molecular formula is C11H15NO2. The summed E-state index contributed by atoms with van der Waals surface area (Å²) < 4.78 is 5.05. The molecule has 0 aliphatic rings. The van der Waals surface area contributed by atoms with Crippen molar-refractivity contribution in [2.75, 3.05) is 7.11 Å². The average molecular weight is 193 g/mol. The van der Waals surface area contributed by atoms with E-state index in [1.165, 1.54) is 12.3 Å². The van der Waals surface area contributed by atoms with E-state index in [1.807, 2.05) is 19.9 Å². The van der Waals surface area contributed by atoms with Crippen LogP contribution in [0.15, 0.2) is 12.1 Å². The maximum Gasteiger partial charge on any atom is 0.128 e. The zero-order valence-corrected chi connectivity index (χ0v) is 8.66. The van der Waals surface area contributed by atoms with E-state index >= 15 is 0 Å². The van der Waals surface area contributed by atoms with E-state index < -0.39 is 0 Å². The highest BCUT2D eigenvalue weighted by Gasteiger charge is 2.11. The fourth-order valence-electron chi connectivity index (χ4n) is 1.39. The number of ether oxygens (including phenoxy) is 1. The van der Waals surface area contributed by atoms with E-state index in [1.54, 1.807) is 7.11 Å². The third-order valence-corrected chi connectivity index (χ3v) is 2.17. The zero-order valence-electron chi connectivity index (χ0n) is 8.66. The van der Waals surface area contributed by atoms with Gasteiger partial charge in [0.1, 0.15) is 11.5 Å². The van der Waals surface area contributed by atoms with Gasteiger partial charge in [0, 0.05) is 17.8 Å². The number of nitrogens with one attached hydrogen (secondary N) is 1. The monoisotopic (exact) mass is 193 g/mol. The Labute approximate surface area is 83.8 Å². The van der Waals surface area contributed by atoms with Gasteiger partial charge in [0.05, 0.1) is 7.11 Å². The van der Waals surface area contributed by atoms with Crippen molar-refractivity contribution in [3.05, 3.63) is 23.3 Å². The van der Waals surface area contributed by atoms with E-state index in [9.17, 15) is 5.11 Å². The van der Waals surface area contributed by atoms with Crippen LogP contribution >= 0.6 is 0 Å². The minimum atomic E-state index is 0.100. The Morgan fingerprint density at radius 1 is 1.43 bits per heavy atom. The molecule has 0 aromatic heterocycles. The second kappa shape index (κ2) is 4.13. The first-order valence-corrected chi connectivity index (χ1v) is 4.51. The number of phenolic OH excluding ortho intramolecular Hbond substituents is 1. The van der Waals surface area contributed by atoms with Crippen LogP contribution in [-0.4, -0.2) is 18.4 Å². The van der Waals surface area contributed by atoms with Gasteiger partial charge in [0.15, 0.2) is 0 Å². The van der Waals surface area contributed by atoms with Crippen molar-refractivity contribution in [3.8, 4) is 11.5 Å². The van der Waals surface area contributed by atoms with E-state index in [-0.39, 0.29) is 11.7 Å². The number of hydrogen-bond donors (Lipinski definition) is 2. The maximum absolute atomic E-state index is 9.62. The molecule has 0 radical (unpaired) electrons. The van der Waals surface area contributed by atoms with Crippen LogP contribution in [0.4, 0.5) is 0 Å². The quantitative estimate of drug-likeness (QED) is 0.725. The Morgan fingerprint density at radius 2 is 2.07 bits per heavy atom. The molecule has 0 heterocycles. The highest BCUT2D eigenvalue weighted by atomic mass is 16.5. The zero-order chi connectivity index (χ0) is 10.7. The van der Waals surface area contributed by atoms with Crippen LogP contribution in [0.1, 0.15) is 30.9 Å². The van der Waals surface area contributed by atoms with Gasteiger partial charge < -0.3 is 15.3 Å². The van der Waals surface area contributed by atoms with Crippen molar-refractivity contribution in [3.63, 3.8) is 0 Å². The third kappa shape index (κ3) is 1.87. The standard InChI is InChI=1S/C11H15NO2/c1-7(2)9-4-8(14-3)5-11(13)10(9)6-12/h4-7,12-13H,1-3H3. The second-order valence-electron chi connectivity index (χ2n) is 3.45. The van der Waals surface area contributed by atoms with Crippen LogP contribution < -0.4 is 4.74 Å². The number of rotatable bonds is 3. The van der Waals surface area contributed by atoms with Crippen LogP contribution in [0.5, 0.6) is 11.5 Å². The van der Waals surface area contributed by atoms with Crippen molar-refractivity contribution in [2.24, 2.45) is 0 Å². The highest BCUT2D eigenvalue weighted by molar-refractivity contribution is 5.84. The summed E-state index contributed by atoms with van der Waals surface area (Å²) in [4.78, 5) is 0.